The Morgan fingerprint density at radius 2 is 1.95 bits per heavy atom. The first-order valence-electron chi connectivity index (χ1n) is 5.77. The van der Waals surface area contributed by atoms with Crippen molar-refractivity contribution in [1.82, 2.24) is 0 Å². The standard InChI is InChI=1S/C14H13BrCl2N2/c15-12-6-9(4-5-13(12)17)14(8-18)19-11-3-1-2-10(16)7-11/h1-7,14,19H,8,18H2. The maximum absolute atomic E-state index is 5.99. The number of rotatable bonds is 4. The lowest BCUT2D eigenvalue weighted by Crippen LogP contribution is -2.20. The summed E-state index contributed by atoms with van der Waals surface area (Å²) in [6.45, 7) is 0.473. The Kier molecular flexibility index (Phi) is 5.11. The van der Waals surface area contributed by atoms with Crippen molar-refractivity contribution in [3.63, 3.8) is 0 Å². The molecule has 1 atom stereocenters. The van der Waals surface area contributed by atoms with E-state index in [2.05, 4.69) is 21.2 Å². The van der Waals surface area contributed by atoms with Gasteiger partial charge >= 0.3 is 0 Å². The van der Waals surface area contributed by atoms with E-state index in [1.807, 2.05) is 42.5 Å². The molecule has 0 radical (unpaired) electrons. The van der Waals surface area contributed by atoms with Gasteiger partial charge in [-0.3, -0.25) is 0 Å². The molecule has 0 aliphatic heterocycles. The van der Waals surface area contributed by atoms with Crippen molar-refractivity contribution in [2.45, 2.75) is 6.04 Å². The van der Waals surface area contributed by atoms with E-state index in [9.17, 15) is 0 Å². The van der Waals surface area contributed by atoms with Crippen molar-refractivity contribution in [2.75, 3.05) is 11.9 Å². The molecule has 0 fully saturated rings. The Morgan fingerprint density at radius 1 is 1.16 bits per heavy atom. The van der Waals surface area contributed by atoms with Crippen LogP contribution in [0.5, 0.6) is 0 Å². The second-order valence-corrected chi connectivity index (χ2v) is 5.81. The number of hydrogen-bond acceptors (Lipinski definition) is 2. The van der Waals surface area contributed by atoms with Gasteiger partial charge in [-0.05, 0) is 51.8 Å². The zero-order valence-corrected chi connectivity index (χ0v) is 13.1. The van der Waals surface area contributed by atoms with Crippen LogP contribution in [0.25, 0.3) is 0 Å². The molecule has 1 unspecified atom stereocenters. The highest BCUT2D eigenvalue weighted by Gasteiger charge is 2.11. The van der Waals surface area contributed by atoms with Gasteiger partial charge in [0.15, 0.2) is 0 Å². The van der Waals surface area contributed by atoms with Gasteiger partial charge < -0.3 is 11.1 Å². The van der Waals surface area contributed by atoms with Crippen LogP contribution >= 0.6 is 39.1 Å². The molecule has 0 aliphatic rings. The summed E-state index contributed by atoms with van der Waals surface area (Å²) in [7, 11) is 0. The molecule has 3 N–H and O–H groups in total. The van der Waals surface area contributed by atoms with E-state index in [1.54, 1.807) is 0 Å². The third-order valence-electron chi connectivity index (χ3n) is 2.75. The minimum absolute atomic E-state index is 0.00651. The highest BCUT2D eigenvalue weighted by atomic mass is 79.9. The Morgan fingerprint density at radius 3 is 2.58 bits per heavy atom. The van der Waals surface area contributed by atoms with Crippen LogP contribution in [0.15, 0.2) is 46.9 Å². The van der Waals surface area contributed by atoms with Crippen LogP contribution in [0.1, 0.15) is 11.6 Å². The van der Waals surface area contributed by atoms with Crippen LogP contribution in [0.2, 0.25) is 10.0 Å². The highest BCUT2D eigenvalue weighted by molar-refractivity contribution is 9.10. The number of nitrogens with two attached hydrogens (primary N) is 1. The van der Waals surface area contributed by atoms with Gasteiger partial charge in [-0.15, -0.1) is 0 Å². The van der Waals surface area contributed by atoms with Crippen LogP contribution in [-0.4, -0.2) is 6.54 Å². The summed E-state index contributed by atoms with van der Waals surface area (Å²) in [6.07, 6.45) is 0. The molecular formula is C14H13BrCl2N2. The Labute approximate surface area is 131 Å². The molecule has 0 spiro atoms. The van der Waals surface area contributed by atoms with Gasteiger partial charge in [-0.2, -0.15) is 0 Å². The predicted molar refractivity (Wildman–Crippen MR) is 86.0 cm³/mol. The summed E-state index contributed by atoms with van der Waals surface area (Å²) < 4.78 is 0.859. The summed E-state index contributed by atoms with van der Waals surface area (Å²) in [6, 6.07) is 13.4. The first-order valence-corrected chi connectivity index (χ1v) is 7.32. The zero-order valence-electron chi connectivity index (χ0n) is 10.0. The van der Waals surface area contributed by atoms with E-state index in [4.69, 9.17) is 28.9 Å². The molecule has 0 bridgehead atoms. The van der Waals surface area contributed by atoms with Crippen LogP contribution in [0.3, 0.4) is 0 Å². The molecule has 2 aromatic carbocycles. The molecule has 0 aliphatic carbocycles. The normalized spacial score (nSPS) is 12.2. The fraction of sp³-hybridized carbons (Fsp3) is 0.143. The lowest BCUT2D eigenvalue weighted by molar-refractivity contribution is 0.789. The molecule has 0 saturated heterocycles. The molecule has 5 heteroatoms. The van der Waals surface area contributed by atoms with Gasteiger partial charge in [0.1, 0.15) is 0 Å². The summed E-state index contributed by atoms with van der Waals surface area (Å²) in [5, 5.41) is 4.73. The number of nitrogens with one attached hydrogen (secondary N) is 1. The zero-order chi connectivity index (χ0) is 13.8. The van der Waals surface area contributed by atoms with Gasteiger partial charge in [0.2, 0.25) is 0 Å². The lowest BCUT2D eigenvalue weighted by atomic mass is 10.1. The van der Waals surface area contributed by atoms with Gasteiger partial charge in [0, 0.05) is 21.7 Å². The Hall–Kier alpha value is -0.740. The van der Waals surface area contributed by atoms with Crippen molar-refractivity contribution >= 4 is 44.8 Å². The van der Waals surface area contributed by atoms with Crippen LogP contribution in [0, 0.1) is 0 Å². The van der Waals surface area contributed by atoms with Crippen LogP contribution < -0.4 is 11.1 Å². The molecule has 2 nitrogen and oxygen atoms in total. The predicted octanol–water partition coefficient (Wildman–Crippen LogP) is 4.87. The van der Waals surface area contributed by atoms with E-state index >= 15 is 0 Å². The maximum atomic E-state index is 5.99. The molecule has 0 amide bonds. The Bertz CT molecular complexity index is 575. The summed E-state index contributed by atoms with van der Waals surface area (Å²) in [4.78, 5) is 0. The van der Waals surface area contributed by atoms with Crippen LogP contribution in [0.4, 0.5) is 5.69 Å². The molecule has 2 aromatic rings. The molecular weight excluding hydrogens is 347 g/mol. The van der Waals surface area contributed by atoms with Crippen molar-refractivity contribution in [2.24, 2.45) is 5.73 Å². The quantitative estimate of drug-likeness (QED) is 0.817. The smallest absolute Gasteiger partial charge is 0.0636 e. The van der Waals surface area contributed by atoms with E-state index in [-0.39, 0.29) is 6.04 Å². The fourth-order valence-electron chi connectivity index (χ4n) is 1.79. The van der Waals surface area contributed by atoms with Gasteiger partial charge in [-0.25, -0.2) is 0 Å². The summed E-state index contributed by atoms with van der Waals surface area (Å²) >= 11 is 15.4. The van der Waals surface area contributed by atoms with Crippen LogP contribution in [-0.2, 0) is 0 Å². The summed E-state index contributed by atoms with van der Waals surface area (Å²) in [5.74, 6) is 0. The maximum Gasteiger partial charge on any atom is 0.0636 e. The molecule has 0 aromatic heterocycles. The van der Waals surface area contributed by atoms with Crippen molar-refractivity contribution in [3.8, 4) is 0 Å². The first-order chi connectivity index (χ1) is 9.10. The highest BCUT2D eigenvalue weighted by Crippen LogP contribution is 2.28. The van der Waals surface area contributed by atoms with Gasteiger partial charge in [-0.1, -0.05) is 35.3 Å². The molecule has 100 valence electrons. The number of halogens is 3. The minimum Gasteiger partial charge on any atom is -0.377 e. The van der Waals surface area contributed by atoms with Gasteiger partial charge in [0.25, 0.3) is 0 Å². The minimum atomic E-state index is 0.00651. The molecule has 19 heavy (non-hydrogen) atoms. The lowest BCUT2D eigenvalue weighted by Gasteiger charge is -2.19. The second-order valence-electron chi connectivity index (χ2n) is 4.12. The Balaban J connectivity index is 2.22. The van der Waals surface area contributed by atoms with Crippen molar-refractivity contribution in [3.05, 3.63) is 62.5 Å². The molecule has 0 saturated carbocycles. The number of benzene rings is 2. The largest absolute Gasteiger partial charge is 0.377 e. The van der Waals surface area contributed by atoms with E-state index in [0.717, 1.165) is 15.7 Å². The average molecular weight is 360 g/mol. The molecule has 2 rings (SSSR count). The molecule has 0 heterocycles. The average Bonchev–Trinajstić information content (AvgIpc) is 2.39. The number of anilines is 1. The second kappa shape index (κ2) is 6.62. The van der Waals surface area contributed by atoms with E-state index in [0.29, 0.717) is 16.6 Å². The first kappa shape index (κ1) is 14.7. The fourth-order valence-corrected chi connectivity index (χ4v) is 2.49. The third-order valence-corrected chi connectivity index (χ3v) is 4.20. The SMILES string of the molecule is NCC(Nc1cccc(Cl)c1)c1ccc(Cl)c(Br)c1. The monoisotopic (exact) mass is 358 g/mol. The van der Waals surface area contributed by atoms with Crippen molar-refractivity contribution < 1.29 is 0 Å². The van der Waals surface area contributed by atoms with Gasteiger partial charge in [0.05, 0.1) is 11.1 Å². The van der Waals surface area contributed by atoms with E-state index in [1.165, 1.54) is 0 Å². The topological polar surface area (TPSA) is 38.0 Å². The van der Waals surface area contributed by atoms with E-state index < -0.39 is 0 Å². The van der Waals surface area contributed by atoms with Crippen molar-refractivity contribution in [1.29, 1.82) is 0 Å². The third kappa shape index (κ3) is 3.86. The number of hydrogen-bond donors (Lipinski definition) is 2. The summed E-state index contributed by atoms with van der Waals surface area (Å²) in [5.41, 5.74) is 7.84.